The molecule has 1 rings (SSSR count). The first kappa shape index (κ1) is 14.8. The molecule has 0 atom stereocenters. The third-order valence-electron chi connectivity index (χ3n) is 2.64. The molecule has 104 valence electrons. The van der Waals surface area contributed by atoms with E-state index >= 15 is 0 Å². The van der Waals surface area contributed by atoms with Crippen LogP contribution in [0.15, 0.2) is 12.1 Å². The van der Waals surface area contributed by atoms with E-state index in [1.807, 2.05) is 0 Å². The van der Waals surface area contributed by atoms with Crippen LogP contribution in [0.5, 0.6) is 17.2 Å². The number of aromatic hydroxyl groups is 2. The summed E-state index contributed by atoms with van der Waals surface area (Å²) in [7, 11) is 1.34. The fourth-order valence-electron chi connectivity index (χ4n) is 1.64. The maximum atomic E-state index is 11.8. The number of hydrogen-bond donors (Lipinski definition) is 3. The maximum Gasteiger partial charge on any atom is 0.303 e. The summed E-state index contributed by atoms with van der Waals surface area (Å²) < 4.78 is 4.80. The Hall–Kier alpha value is -2.24. The number of rotatable bonds is 7. The lowest BCUT2D eigenvalue weighted by atomic mass is 10.0. The van der Waals surface area contributed by atoms with Gasteiger partial charge in [0.25, 0.3) is 0 Å². The van der Waals surface area contributed by atoms with Gasteiger partial charge in [-0.15, -0.1) is 0 Å². The van der Waals surface area contributed by atoms with E-state index in [4.69, 9.17) is 9.84 Å². The number of carbonyl (C=O) groups excluding carboxylic acids is 1. The lowest BCUT2D eigenvalue weighted by molar-refractivity contribution is -0.137. The van der Waals surface area contributed by atoms with Gasteiger partial charge >= 0.3 is 5.97 Å². The van der Waals surface area contributed by atoms with Gasteiger partial charge < -0.3 is 20.1 Å². The predicted molar refractivity (Wildman–Crippen MR) is 66.8 cm³/mol. The molecule has 0 unspecified atom stereocenters. The molecule has 0 fully saturated rings. The second-order valence-corrected chi connectivity index (χ2v) is 4.07. The van der Waals surface area contributed by atoms with Crippen molar-refractivity contribution in [2.75, 3.05) is 7.11 Å². The van der Waals surface area contributed by atoms with Crippen molar-refractivity contribution in [1.29, 1.82) is 0 Å². The van der Waals surface area contributed by atoms with Crippen molar-refractivity contribution in [2.45, 2.75) is 25.7 Å². The Balaban J connectivity index is 2.67. The van der Waals surface area contributed by atoms with Crippen molar-refractivity contribution in [1.82, 2.24) is 0 Å². The summed E-state index contributed by atoms with van der Waals surface area (Å²) in [4.78, 5) is 22.1. The van der Waals surface area contributed by atoms with E-state index in [-0.39, 0.29) is 41.4 Å². The number of hydrogen-bond acceptors (Lipinski definition) is 5. The Labute approximate surface area is 110 Å². The molecular formula is C13H16O6. The van der Waals surface area contributed by atoms with E-state index in [0.29, 0.717) is 12.8 Å². The van der Waals surface area contributed by atoms with Crippen LogP contribution in [0.25, 0.3) is 0 Å². The van der Waals surface area contributed by atoms with Gasteiger partial charge in [-0.25, -0.2) is 0 Å². The number of ketones is 1. The lowest BCUT2D eigenvalue weighted by Crippen LogP contribution is -2.01. The summed E-state index contributed by atoms with van der Waals surface area (Å²) in [5.41, 5.74) is 0.00799. The minimum atomic E-state index is -0.905. The monoisotopic (exact) mass is 268 g/mol. The van der Waals surface area contributed by atoms with Gasteiger partial charge in [0, 0.05) is 18.9 Å². The zero-order valence-electron chi connectivity index (χ0n) is 10.5. The molecule has 0 amide bonds. The number of phenols is 2. The first-order valence-electron chi connectivity index (χ1n) is 5.80. The Morgan fingerprint density at radius 2 is 1.74 bits per heavy atom. The quantitative estimate of drug-likeness (QED) is 0.396. The fourth-order valence-corrected chi connectivity index (χ4v) is 1.64. The van der Waals surface area contributed by atoms with E-state index in [1.54, 1.807) is 0 Å². The summed E-state index contributed by atoms with van der Waals surface area (Å²) in [5, 5.41) is 27.7. The van der Waals surface area contributed by atoms with E-state index in [9.17, 15) is 19.8 Å². The van der Waals surface area contributed by atoms with Crippen LogP contribution in [0.2, 0.25) is 0 Å². The van der Waals surface area contributed by atoms with E-state index in [2.05, 4.69) is 0 Å². The molecule has 0 saturated heterocycles. The molecule has 0 aliphatic carbocycles. The van der Waals surface area contributed by atoms with Crippen LogP contribution in [0.3, 0.4) is 0 Å². The SMILES string of the molecule is COc1cc(O)c(C(=O)CCCCC(=O)O)cc1O. The normalized spacial score (nSPS) is 10.2. The fraction of sp³-hybridized carbons (Fsp3) is 0.385. The summed E-state index contributed by atoms with van der Waals surface area (Å²) in [6, 6.07) is 2.31. The molecule has 6 nitrogen and oxygen atoms in total. The molecule has 0 aliphatic heterocycles. The van der Waals surface area contributed by atoms with Gasteiger partial charge in [0.1, 0.15) is 5.75 Å². The molecule has 3 N–H and O–H groups in total. The Morgan fingerprint density at radius 1 is 1.11 bits per heavy atom. The van der Waals surface area contributed by atoms with Gasteiger partial charge in [-0.3, -0.25) is 9.59 Å². The molecule has 6 heteroatoms. The predicted octanol–water partition coefficient (Wildman–Crippen LogP) is 1.93. The number of carboxylic acid groups (broad SMARTS) is 1. The summed E-state index contributed by atoms with van der Waals surface area (Å²) >= 11 is 0. The summed E-state index contributed by atoms with van der Waals surface area (Å²) in [5.74, 6) is -1.66. The van der Waals surface area contributed by atoms with Crippen molar-refractivity contribution in [2.24, 2.45) is 0 Å². The second kappa shape index (κ2) is 6.63. The minimum absolute atomic E-state index is 0.00707. The van der Waals surface area contributed by atoms with Crippen LogP contribution in [0, 0.1) is 0 Å². The van der Waals surface area contributed by atoms with Gasteiger partial charge in [0.2, 0.25) is 0 Å². The standard InChI is InChI=1S/C13H16O6/c1-19-12-7-10(15)8(6-11(12)16)9(14)4-2-3-5-13(17)18/h6-7,15-16H,2-5H2,1H3,(H,17,18). The number of aliphatic carboxylic acids is 1. The minimum Gasteiger partial charge on any atom is -0.507 e. The number of benzene rings is 1. The maximum absolute atomic E-state index is 11.8. The van der Waals surface area contributed by atoms with Crippen LogP contribution in [0.1, 0.15) is 36.0 Å². The number of ether oxygens (including phenoxy) is 1. The molecule has 0 spiro atoms. The van der Waals surface area contributed by atoms with E-state index in [1.165, 1.54) is 13.2 Å². The summed E-state index contributed by atoms with van der Waals surface area (Å²) in [6.45, 7) is 0. The third-order valence-corrected chi connectivity index (χ3v) is 2.64. The largest absolute Gasteiger partial charge is 0.507 e. The highest BCUT2D eigenvalue weighted by atomic mass is 16.5. The average molecular weight is 268 g/mol. The van der Waals surface area contributed by atoms with Gasteiger partial charge in [-0.05, 0) is 18.9 Å². The molecule has 0 aromatic heterocycles. The first-order valence-corrected chi connectivity index (χ1v) is 5.80. The van der Waals surface area contributed by atoms with Crippen molar-refractivity contribution in [3.8, 4) is 17.2 Å². The number of carboxylic acids is 1. The number of methoxy groups -OCH3 is 1. The van der Waals surface area contributed by atoms with Crippen molar-refractivity contribution in [3.05, 3.63) is 17.7 Å². The highest BCUT2D eigenvalue weighted by Crippen LogP contribution is 2.33. The van der Waals surface area contributed by atoms with Crippen molar-refractivity contribution >= 4 is 11.8 Å². The van der Waals surface area contributed by atoms with Gasteiger partial charge in [-0.1, -0.05) is 0 Å². The second-order valence-electron chi connectivity index (χ2n) is 4.07. The number of Topliss-reactive ketones (excluding diaryl/α,β-unsaturated/α-hetero) is 1. The molecule has 19 heavy (non-hydrogen) atoms. The molecule has 0 heterocycles. The molecule has 0 bridgehead atoms. The molecule has 1 aromatic rings. The van der Waals surface area contributed by atoms with Crippen LogP contribution < -0.4 is 4.74 Å². The highest BCUT2D eigenvalue weighted by molar-refractivity contribution is 5.99. The smallest absolute Gasteiger partial charge is 0.303 e. The average Bonchev–Trinajstić information content (AvgIpc) is 2.36. The number of carbonyl (C=O) groups is 2. The molecule has 0 saturated carbocycles. The van der Waals surface area contributed by atoms with E-state index < -0.39 is 5.97 Å². The summed E-state index contributed by atoms with van der Waals surface area (Å²) in [6.07, 6.45) is 0.932. The topological polar surface area (TPSA) is 104 Å². The van der Waals surface area contributed by atoms with Gasteiger partial charge in [-0.2, -0.15) is 0 Å². The third kappa shape index (κ3) is 4.17. The van der Waals surface area contributed by atoms with Crippen molar-refractivity contribution in [3.63, 3.8) is 0 Å². The molecule has 0 aliphatic rings. The van der Waals surface area contributed by atoms with Gasteiger partial charge in [0.15, 0.2) is 17.3 Å². The lowest BCUT2D eigenvalue weighted by Gasteiger charge is -2.08. The van der Waals surface area contributed by atoms with Gasteiger partial charge in [0.05, 0.1) is 12.7 Å². The molecule has 1 aromatic carbocycles. The highest BCUT2D eigenvalue weighted by Gasteiger charge is 2.15. The van der Waals surface area contributed by atoms with Crippen LogP contribution >= 0.6 is 0 Å². The van der Waals surface area contributed by atoms with Crippen molar-refractivity contribution < 1.29 is 29.6 Å². The number of unbranched alkanes of at least 4 members (excludes halogenated alkanes) is 1. The zero-order chi connectivity index (χ0) is 14.4. The first-order chi connectivity index (χ1) is 8.95. The Bertz CT molecular complexity index is 480. The molecular weight excluding hydrogens is 252 g/mol. The van der Waals surface area contributed by atoms with E-state index in [0.717, 1.165) is 6.07 Å². The zero-order valence-corrected chi connectivity index (χ0v) is 10.5. The Morgan fingerprint density at radius 3 is 2.32 bits per heavy atom. The Kier molecular flexibility index (Phi) is 5.17. The van der Waals surface area contributed by atoms with Crippen LogP contribution in [0.4, 0.5) is 0 Å². The molecule has 0 radical (unpaired) electrons. The van der Waals surface area contributed by atoms with Crippen LogP contribution in [-0.2, 0) is 4.79 Å². The number of phenolic OH excluding ortho intramolecular Hbond substituents is 2. The van der Waals surface area contributed by atoms with Crippen LogP contribution in [-0.4, -0.2) is 34.2 Å².